The van der Waals surface area contributed by atoms with Gasteiger partial charge in [-0.05, 0) is 15.5 Å². The van der Waals surface area contributed by atoms with Crippen LogP contribution in [-0.2, 0) is 18.5 Å². The Balaban J connectivity index is 3.79. The molecule has 0 radical (unpaired) electrons. The van der Waals surface area contributed by atoms with Gasteiger partial charge in [-0.3, -0.25) is 0 Å². The number of rotatable bonds is 8. The Kier molecular flexibility index (Phi) is 7.88. The average molecular weight is 250 g/mol. The van der Waals surface area contributed by atoms with E-state index >= 15 is 0 Å². The van der Waals surface area contributed by atoms with E-state index in [1.165, 1.54) is 9.24 Å². The first-order chi connectivity index (χ1) is 6.58. The lowest BCUT2D eigenvalue weighted by molar-refractivity contribution is -0.120. The molecule has 0 bridgehead atoms. The maximum absolute atomic E-state index is 11.5. The molecule has 86 valence electrons. The Bertz CT molecular complexity index is 185. The van der Waals surface area contributed by atoms with Gasteiger partial charge in [-0.15, -0.1) is 0 Å². The monoisotopic (exact) mass is 250 g/mol. The van der Waals surface area contributed by atoms with Crippen LogP contribution in [0.1, 0.15) is 25.7 Å². The van der Waals surface area contributed by atoms with Crippen molar-refractivity contribution >= 4 is 17.1 Å². The fourth-order valence-electron chi connectivity index (χ4n) is 0.827. The van der Waals surface area contributed by atoms with Gasteiger partial charge in [0.05, 0.1) is 0 Å². The second-order valence-corrected chi connectivity index (χ2v) is 4.95. The third-order valence-electron chi connectivity index (χ3n) is 1.47. The van der Waals surface area contributed by atoms with Gasteiger partial charge >= 0.3 is 7.82 Å². The number of phosphoric acid groups is 1. The van der Waals surface area contributed by atoms with Gasteiger partial charge in [0, 0.05) is 15.7 Å². The highest BCUT2D eigenvalue weighted by Crippen LogP contribution is 2.52. The molecule has 0 amide bonds. The van der Waals surface area contributed by atoms with E-state index < -0.39 is 13.7 Å². The van der Waals surface area contributed by atoms with Crippen molar-refractivity contribution in [2.75, 3.05) is 0 Å². The number of hydrogen-bond donors (Lipinski definition) is 0. The van der Waals surface area contributed by atoms with Crippen LogP contribution >= 0.6 is 17.1 Å². The lowest BCUT2D eigenvalue weighted by atomic mass is 10.2. The molecule has 0 aromatic heterocycles. The Morgan fingerprint density at radius 3 is 2.36 bits per heavy atom. The van der Waals surface area contributed by atoms with E-state index in [9.17, 15) is 13.6 Å². The van der Waals surface area contributed by atoms with Crippen LogP contribution in [0.5, 0.6) is 0 Å². The minimum absolute atomic E-state index is 0.519. The van der Waals surface area contributed by atoms with Gasteiger partial charge in [0.2, 0.25) is 0 Å². The van der Waals surface area contributed by atoms with Crippen molar-refractivity contribution in [3.63, 3.8) is 0 Å². The van der Waals surface area contributed by atoms with E-state index in [0.29, 0.717) is 6.42 Å². The average Bonchev–Trinajstić information content (AvgIpc) is 2.18. The Morgan fingerprint density at radius 1 is 1.36 bits per heavy atom. The predicted octanol–water partition coefficient (Wildman–Crippen LogP) is 3.24. The third kappa shape index (κ3) is 5.99. The van der Waals surface area contributed by atoms with Gasteiger partial charge in [0.15, 0.2) is 5.85 Å². The van der Waals surface area contributed by atoms with E-state index in [-0.39, 0.29) is 0 Å². The first kappa shape index (κ1) is 14.4. The molecular weight excluding hydrogens is 236 g/mol. The molecular formula is C6H14F2O4P2. The van der Waals surface area contributed by atoms with Crippen LogP contribution in [0.25, 0.3) is 0 Å². The molecule has 0 aliphatic heterocycles. The summed E-state index contributed by atoms with van der Waals surface area (Å²) in [5.74, 6) is -0.570. The highest BCUT2D eigenvalue weighted by molar-refractivity contribution is 7.48. The van der Waals surface area contributed by atoms with Crippen molar-refractivity contribution in [3.8, 4) is 0 Å². The van der Waals surface area contributed by atoms with Crippen LogP contribution < -0.4 is 0 Å². The van der Waals surface area contributed by atoms with Crippen LogP contribution in [0.15, 0.2) is 0 Å². The summed E-state index contributed by atoms with van der Waals surface area (Å²) in [5, 5.41) is 0. The summed E-state index contributed by atoms with van der Waals surface area (Å²) in [6.07, 6.45) is 2.93. The lowest BCUT2D eigenvalue weighted by Crippen LogP contribution is -2.03. The molecule has 0 heterocycles. The predicted molar refractivity (Wildman–Crippen MR) is 51.8 cm³/mol. The minimum atomic E-state index is -4.63. The largest absolute Gasteiger partial charge is 0.540 e. The minimum Gasteiger partial charge on any atom is -0.343 e. The highest BCUT2D eigenvalue weighted by atomic mass is 31.2. The molecule has 14 heavy (non-hydrogen) atoms. The summed E-state index contributed by atoms with van der Waals surface area (Å²) < 4.78 is 43.9. The number of unbranched alkanes of at least 4 members (excludes halogenated alkanes) is 2. The second kappa shape index (κ2) is 7.66. The summed E-state index contributed by atoms with van der Waals surface area (Å²) >= 11 is 0. The third-order valence-corrected chi connectivity index (χ3v) is 3.22. The van der Waals surface area contributed by atoms with E-state index in [2.05, 4.69) is 20.9 Å². The second-order valence-electron chi connectivity index (χ2n) is 2.66. The molecule has 0 rings (SSSR count). The van der Waals surface area contributed by atoms with Crippen molar-refractivity contribution in [2.45, 2.75) is 31.5 Å². The zero-order valence-corrected chi connectivity index (χ0v) is 9.96. The molecule has 2 atom stereocenters. The quantitative estimate of drug-likeness (QED) is 0.377. The van der Waals surface area contributed by atoms with E-state index in [4.69, 9.17) is 0 Å². The number of halogens is 2. The molecule has 2 unspecified atom stereocenters. The van der Waals surface area contributed by atoms with Gasteiger partial charge in [0.1, 0.15) is 0 Å². The van der Waals surface area contributed by atoms with Crippen molar-refractivity contribution in [1.29, 1.82) is 0 Å². The molecule has 0 aromatic rings. The molecule has 0 spiro atoms. The Hall–Kier alpha value is 0.400. The first-order valence-corrected chi connectivity index (χ1v) is 6.37. The summed E-state index contributed by atoms with van der Waals surface area (Å²) in [6, 6.07) is 0. The zero-order valence-electron chi connectivity index (χ0n) is 7.66. The van der Waals surface area contributed by atoms with Gasteiger partial charge in [-0.1, -0.05) is 15.9 Å². The summed E-state index contributed by atoms with van der Waals surface area (Å²) in [5.41, 5.74) is 0. The molecule has 0 saturated carbocycles. The molecule has 0 N–H and O–H groups in total. The lowest BCUT2D eigenvalue weighted by Gasteiger charge is -2.11. The standard InChI is InChI=1S/C6H13F2O4P2/c1-2-3-4-5-6(13)10-14(9,11-7)12-8/h6H,1-5,13H2/q-1/p+1. The fourth-order valence-corrected chi connectivity index (χ4v) is 2.22. The van der Waals surface area contributed by atoms with Crippen LogP contribution in [0, 0.1) is 6.92 Å². The summed E-state index contributed by atoms with van der Waals surface area (Å²) in [4.78, 5) is 0. The van der Waals surface area contributed by atoms with E-state index in [1.54, 1.807) is 0 Å². The molecule has 0 aliphatic rings. The SMILES string of the molecule is [CH2-]CCCCC([PH3+])OP(=O)(OF)OF. The summed E-state index contributed by atoms with van der Waals surface area (Å²) in [6.45, 7) is 3.63. The Labute approximate surface area is 83.9 Å². The fraction of sp³-hybridized carbons (Fsp3) is 0.833. The Morgan fingerprint density at radius 2 is 1.93 bits per heavy atom. The van der Waals surface area contributed by atoms with Gasteiger partial charge in [-0.25, -0.2) is 9.09 Å². The molecule has 0 saturated heterocycles. The molecule has 8 heteroatoms. The van der Waals surface area contributed by atoms with E-state index in [0.717, 1.165) is 19.3 Å². The topological polar surface area (TPSA) is 44.8 Å². The van der Waals surface area contributed by atoms with Crippen molar-refractivity contribution in [3.05, 3.63) is 6.92 Å². The van der Waals surface area contributed by atoms with Gasteiger partial charge in [-0.2, -0.15) is 6.42 Å². The molecule has 4 nitrogen and oxygen atoms in total. The zero-order chi connectivity index (χ0) is 11.0. The summed E-state index contributed by atoms with van der Waals surface area (Å²) in [7, 11) is -3.31. The first-order valence-electron chi connectivity index (χ1n) is 4.09. The maximum atomic E-state index is 11.5. The van der Waals surface area contributed by atoms with E-state index in [1.807, 2.05) is 0 Å². The van der Waals surface area contributed by atoms with Crippen LogP contribution in [0.2, 0.25) is 0 Å². The van der Waals surface area contributed by atoms with Gasteiger partial charge < -0.3 is 6.92 Å². The van der Waals surface area contributed by atoms with Crippen molar-refractivity contribution in [1.82, 2.24) is 0 Å². The molecule has 0 fully saturated rings. The molecule has 0 aliphatic carbocycles. The molecule has 0 aromatic carbocycles. The van der Waals surface area contributed by atoms with Crippen molar-refractivity contribution < 1.29 is 27.6 Å². The van der Waals surface area contributed by atoms with Crippen LogP contribution in [-0.4, -0.2) is 5.85 Å². The smallest absolute Gasteiger partial charge is 0.343 e. The van der Waals surface area contributed by atoms with Crippen molar-refractivity contribution in [2.24, 2.45) is 0 Å². The maximum Gasteiger partial charge on any atom is 0.540 e. The van der Waals surface area contributed by atoms with Gasteiger partial charge in [0.25, 0.3) is 0 Å². The van der Waals surface area contributed by atoms with Crippen LogP contribution in [0.4, 0.5) is 9.05 Å². The highest BCUT2D eigenvalue weighted by Gasteiger charge is 2.33. The normalized spacial score (nSPS) is 14.5. The van der Waals surface area contributed by atoms with Crippen LogP contribution in [0.3, 0.4) is 0 Å². The number of hydrogen-bond acceptors (Lipinski definition) is 4.